The quantitative estimate of drug-likeness (QED) is 0.846. The average Bonchev–Trinajstić information content (AvgIpc) is 2.64. The lowest BCUT2D eigenvalue weighted by Gasteiger charge is -2.32. The number of alkyl halides is 3. The minimum absolute atomic E-state index is 0.0503. The van der Waals surface area contributed by atoms with E-state index < -0.39 is 42.5 Å². The molecule has 0 amide bonds. The Bertz CT molecular complexity index is 684. The topological polar surface area (TPSA) is 38.7 Å². The van der Waals surface area contributed by atoms with Gasteiger partial charge < -0.3 is 14.4 Å². The van der Waals surface area contributed by atoms with Crippen LogP contribution in [0.3, 0.4) is 0 Å². The summed E-state index contributed by atoms with van der Waals surface area (Å²) in [5.74, 6) is 0. The molecular formula is C16H22BF3O3. The molecule has 0 saturated carbocycles. The minimum atomic E-state index is -4.93. The fourth-order valence-corrected chi connectivity index (χ4v) is 2.19. The third-order valence-corrected chi connectivity index (χ3v) is 4.67. The summed E-state index contributed by atoms with van der Waals surface area (Å²) >= 11 is 0. The van der Waals surface area contributed by atoms with Gasteiger partial charge in [-0.05, 0) is 52.5 Å². The first-order valence-electron chi connectivity index (χ1n) is 8.70. The summed E-state index contributed by atoms with van der Waals surface area (Å²) < 4.78 is 74.1. The van der Waals surface area contributed by atoms with E-state index in [1.165, 1.54) is 0 Å². The van der Waals surface area contributed by atoms with E-state index in [0.29, 0.717) is 6.92 Å². The molecule has 0 aliphatic carbocycles. The number of hydrogen-bond donors (Lipinski definition) is 1. The van der Waals surface area contributed by atoms with Crippen LogP contribution in [0.15, 0.2) is 18.2 Å². The van der Waals surface area contributed by atoms with Crippen LogP contribution in [0.1, 0.15) is 49.9 Å². The normalized spacial score (nSPS) is 25.4. The van der Waals surface area contributed by atoms with Gasteiger partial charge >= 0.3 is 13.3 Å². The largest absolute Gasteiger partial charge is 0.495 e. The van der Waals surface area contributed by atoms with Gasteiger partial charge in [0.05, 0.1) is 11.2 Å². The van der Waals surface area contributed by atoms with Crippen molar-refractivity contribution in [3.05, 3.63) is 29.3 Å². The zero-order valence-corrected chi connectivity index (χ0v) is 13.7. The predicted octanol–water partition coefficient (Wildman–Crippen LogP) is 3.06. The van der Waals surface area contributed by atoms with Gasteiger partial charge in [-0.25, -0.2) is 0 Å². The lowest BCUT2D eigenvalue weighted by molar-refractivity contribution is -0.258. The van der Waals surface area contributed by atoms with Gasteiger partial charge in [0, 0.05) is 4.11 Å². The maximum Gasteiger partial charge on any atom is 0.495 e. The molecule has 1 aromatic carbocycles. The Kier molecular flexibility index (Phi) is 3.25. The van der Waals surface area contributed by atoms with Crippen molar-refractivity contribution < 1.29 is 31.7 Å². The fourth-order valence-electron chi connectivity index (χ4n) is 2.19. The van der Waals surface area contributed by atoms with Gasteiger partial charge in [-0.2, -0.15) is 13.2 Å². The summed E-state index contributed by atoms with van der Waals surface area (Å²) in [4.78, 5) is 0. The second-order valence-corrected chi connectivity index (χ2v) is 6.96. The summed E-state index contributed by atoms with van der Waals surface area (Å²) in [7, 11) is -1.17. The summed E-state index contributed by atoms with van der Waals surface area (Å²) in [6.45, 7) is 5.03. The molecule has 1 N–H and O–H groups in total. The summed E-state index contributed by atoms with van der Waals surface area (Å²) in [6, 6.07) is 3.02. The van der Waals surface area contributed by atoms with E-state index in [4.69, 9.17) is 13.4 Å². The molecule has 1 unspecified atom stereocenters. The van der Waals surface area contributed by atoms with Crippen LogP contribution in [0.25, 0.3) is 0 Å². The second kappa shape index (κ2) is 5.23. The molecule has 0 aromatic heterocycles. The van der Waals surface area contributed by atoms with E-state index in [1.54, 1.807) is 27.7 Å². The standard InChI is InChI=1S/C16H22BF3O3/c1-10-7-8-11(15(6,21)16(18,19)20)9-12(10)17-22-13(2,3)14(4,5)23-17/h7-9,21H,1-6H3/i1D3. The van der Waals surface area contributed by atoms with Gasteiger partial charge in [-0.15, -0.1) is 0 Å². The molecule has 1 aliphatic heterocycles. The van der Waals surface area contributed by atoms with Crippen LogP contribution in [-0.2, 0) is 14.9 Å². The first kappa shape index (κ1) is 14.3. The molecule has 0 spiro atoms. The highest BCUT2D eigenvalue weighted by Gasteiger charge is 2.54. The van der Waals surface area contributed by atoms with Crippen molar-refractivity contribution in [1.29, 1.82) is 0 Å². The average molecular weight is 333 g/mol. The van der Waals surface area contributed by atoms with Gasteiger partial charge in [0.2, 0.25) is 0 Å². The van der Waals surface area contributed by atoms with Crippen LogP contribution >= 0.6 is 0 Å². The minimum Gasteiger partial charge on any atom is -0.399 e. The van der Waals surface area contributed by atoms with Crippen LogP contribution in [0.4, 0.5) is 13.2 Å². The van der Waals surface area contributed by atoms with Gasteiger partial charge in [-0.1, -0.05) is 23.8 Å². The van der Waals surface area contributed by atoms with Crippen LogP contribution in [0.5, 0.6) is 0 Å². The Morgan fingerprint density at radius 1 is 1.13 bits per heavy atom. The molecule has 1 fully saturated rings. The Morgan fingerprint density at radius 3 is 2.09 bits per heavy atom. The van der Waals surface area contributed by atoms with Crippen LogP contribution in [0.2, 0.25) is 0 Å². The number of aryl methyl sites for hydroxylation is 1. The molecule has 1 saturated heterocycles. The first-order valence-corrected chi connectivity index (χ1v) is 7.20. The van der Waals surface area contributed by atoms with Crippen molar-refractivity contribution in [3.8, 4) is 0 Å². The number of hydrogen-bond acceptors (Lipinski definition) is 3. The molecule has 23 heavy (non-hydrogen) atoms. The predicted molar refractivity (Wildman–Crippen MR) is 82.5 cm³/mol. The molecule has 3 nitrogen and oxygen atoms in total. The first-order chi connectivity index (χ1) is 11.4. The maximum absolute atomic E-state index is 13.2. The summed E-state index contributed by atoms with van der Waals surface area (Å²) in [6.07, 6.45) is -4.93. The van der Waals surface area contributed by atoms with Crippen molar-refractivity contribution in [2.75, 3.05) is 0 Å². The molecule has 7 heteroatoms. The molecule has 1 atom stereocenters. The molecule has 0 bridgehead atoms. The van der Waals surface area contributed by atoms with Gasteiger partial charge in [0.1, 0.15) is 0 Å². The molecule has 1 heterocycles. The van der Waals surface area contributed by atoms with E-state index in [-0.39, 0.29) is 11.0 Å². The highest BCUT2D eigenvalue weighted by molar-refractivity contribution is 6.62. The Labute approximate surface area is 139 Å². The number of benzene rings is 1. The van der Waals surface area contributed by atoms with Crippen molar-refractivity contribution in [2.24, 2.45) is 0 Å². The van der Waals surface area contributed by atoms with Gasteiger partial charge in [0.15, 0.2) is 5.60 Å². The van der Waals surface area contributed by atoms with E-state index >= 15 is 0 Å². The lowest BCUT2D eigenvalue weighted by Crippen LogP contribution is -2.42. The zero-order chi connectivity index (χ0) is 20.3. The summed E-state index contributed by atoms with van der Waals surface area (Å²) in [5, 5.41) is 9.94. The fraction of sp³-hybridized carbons (Fsp3) is 0.625. The second-order valence-electron chi connectivity index (χ2n) is 6.96. The highest BCUT2D eigenvalue weighted by Crippen LogP contribution is 2.39. The molecule has 128 valence electrons. The lowest BCUT2D eigenvalue weighted by atomic mass is 9.74. The third-order valence-electron chi connectivity index (χ3n) is 4.67. The molecule has 1 aliphatic rings. The number of aliphatic hydroxyl groups is 1. The third kappa shape index (κ3) is 3.02. The van der Waals surface area contributed by atoms with Crippen molar-refractivity contribution in [1.82, 2.24) is 0 Å². The number of halogens is 3. The van der Waals surface area contributed by atoms with Crippen molar-refractivity contribution >= 4 is 12.6 Å². The van der Waals surface area contributed by atoms with Gasteiger partial charge in [-0.3, -0.25) is 0 Å². The SMILES string of the molecule is [2H]C([2H])([2H])c1ccc(C(C)(O)C(F)(F)F)cc1B1OC(C)(C)C(C)(C)O1. The zero-order valence-electron chi connectivity index (χ0n) is 16.7. The Balaban J connectivity index is 2.62. The highest BCUT2D eigenvalue weighted by atomic mass is 19.4. The van der Waals surface area contributed by atoms with Gasteiger partial charge in [0.25, 0.3) is 0 Å². The summed E-state index contributed by atoms with van der Waals surface area (Å²) in [5.41, 5.74) is -5.46. The Morgan fingerprint density at radius 2 is 1.65 bits per heavy atom. The molecule has 0 radical (unpaired) electrons. The van der Waals surface area contributed by atoms with E-state index in [2.05, 4.69) is 0 Å². The Hall–Kier alpha value is -1.05. The smallest absolute Gasteiger partial charge is 0.399 e. The molecule has 1 aromatic rings. The van der Waals surface area contributed by atoms with Crippen LogP contribution < -0.4 is 5.46 Å². The van der Waals surface area contributed by atoms with Crippen molar-refractivity contribution in [3.63, 3.8) is 0 Å². The van der Waals surface area contributed by atoms with E-state index in [9.17, 15) is 18.3 Å². The van der Waals surface area contributed by atoms with Crippen molar-refractivity contribution in [2.45, 2.75) is 64.5 Å². The molecular weight excluding hydrogens is 308 g/mol. The maximum atomic E-state index is 13.2. The van der Waals surface area contributed by atoms with Crippen LogP contribution in [-0.4, -0.2) is 29.6 Å². The molecule has 2 rings (SSSR count). The van der Waals surface area contributed by atoms with E-state index in [1.807, 2.05) is 0 Å². The van der Waals surface area contributed by atoms with Crippen LogP contribution in [0, 0.1) is 6.85 Å². The monoisotopic (exact) mass is 333 g/mol. The number of rotatable bonds is 2. The van der Waals surface area contributed by atoms with E-state index in [0.717, 1.165) is 18.2 Å².